The predicted molar refractivity (Wildman–Crippen MR) is 110 cm³/mol. The number of benzene rings is 2. The van der Waals surface area contributed by atoms with Crippen LogP contribution in [0.5, 0.6) is 0 Å². The van der Waals surface area contributed by atoms with Gasteiger partial charge in [-0.25, -0.2) is 8.60 Å². The summed E-state index contributed by atoms with van der Waals surface area (Å²) >= 11 is 0. The van der Waals surface area contributed by atoms with Crippen molar-refractivity contribution in [1.29, 1.82) is 0 Å². The van der Waals surface area contributed by atoms with E-state index in [-0.39, 0.29) is 16.8 Å². The van der Waals surface area contributed by atoms with Crippen molar-refractivity contribution in [2.24, 2.45) is 0 Å². The summed E-state index contributed by atoms with van der Waals surface area (Å²) in [4.78, 5) is 1.06. The second kappa shape index (κ2) is 6.76. The molecule has 0 amide bonds. The van der Waals surface area contributed by atoms with E-state index in [1.54, 1.807) is 12.1 Å². The Hall–Kier alpha value is -2.02. The highest BCUT2D eigenvalue weighted by molar-refractivity contribution is 7.85. The quantitative estimate of drug-likeness (QED) is 0.666. The highest BCUT2D eigenvalue weighted by atomic mass is 32.2. The normalized spacial score (nSPS) is 21.2. The van der Waals surface area contributed by atoms with Crippen molar-refractivity contribution in [2.75, 3.05) is 19.8 Å². The van der Waals surface area contributed by atoms with Crippen LogP contribution in [-0.4, -0.2) is 24.0 Å². The number of furan rings is 1. The van der Waals surface area contributed by atoms with E-state index in [0.29, 0.717) is 23.0 Å². The second-order valence-electron chi connectivity index (χ2n) is 8.62. The Morgan fingerprint density at radius 3 is 2.59 bits per heavy atom. The molecule has 3 aromatic rings. The average molecular weight is 414 g/mol. The molecule has 0 bridgehead atoms. The highest BCUT2D eigenvalue weighted by Crippen LogP contribution is 2.47. The van der Waals surface area contributed by atoms with Crippen LogP contribution in [0.1, 0.15) is 38.0 Å². The minimum Gasteiger partial charge on any atom is -0.459 e. The summed E-state index contributed by atoms with van der Waals surface area (Å²) < 4.78 is 38.6. The number of nitrogens with one attached hydrogen (secondary N) is 1. The first-order valence-corrected chi connectivity index (χ1v) is 11.1. The molecule has 0 radical (unpaired) electrons. The highest BCUT2D eigenvalue weighted by Gasteiger charge is 2.47. The van der Waals surface area contributed by atoms with Gasteiger partial charge in [-0.15, -0.1) is 0 Å². The van der Waals surface area contributed by atoms with Gasteiger partial charge in [-0.05, 0) is 49.2 Å². The molecule has 4 nitrogen and oxygen atoms in total. The molecule has 29 heavy (non-hydrogen) atoms. The minimum atomic E-state index is -1.47. The summed E-state index contributed by atoms with van der Waals surface area (Å²) in [6.07, 6.45) is 1.75. The topological polar surface area (TPSA) is 51.5 Å². The van der Waals surface area contributed by atoms with Crippen LogP contribution in [0, 0.1) is 5.82 Å². The van der Waals surface area contributed by atoms with Crippen LogP contribution < -0.4 is 5.32 Å². The molecular weight excluding hydrogens is 389 g/mol. The summed E-state index contributed by atoms with van der Waals surface area (Å²) in [5, 5.41) is 4.80. The molecule has 1 atom stereocenters. The number of hydrogen-bond acceptors (Lipinski definition) is 4. The average Bonchev–Trinajstić information content (AvgIpc) is 3.13. The maximum atomic E-state index is 13.6. The maximum absolute atomic E-state index is 13.6. The van der Waals surface area contributed by atoms with Crippen molar-refractivity contribution in [3.8, 4) is 0 Å². The second-order valence-corrected chi connectivity index (χ2v) is 10.1. The zero-order valence-electron chi connectivity index (χ0n) is 16.6. The van der Waals surface area contributed by atoms with Crippen LogP contribution in [0.15, 0.2) is 56.7 Å². The molecule has 1 fully saturated rings. The van der Waals surface area contributed by atoms with Crippen LogP contribution >= 0.6 is 0 Å². The molecule has 2 aromatic carbocycles. The first kappa shape index (κ1) is 19.0. The lowest BCUT2D eigenvalue weighted by atomic mass is 9.72. The Balaban J connectivity index is 1.64. The van der Waals surface area contributed by atoms with Gasteiger partial charge in [0.2, 0.25) is 0 Å². The van der Waals surface area contributed by atoms with Crippen LogP contribution in [0.25, 0.3) is 11.0 Å². The molecule has 1 unspecified atom stereocenters. The molecule has 3 heterocycles. The summed E-state index contributed by atoms with van der Waals surface area (Å²) in [6.45, 7) is 6.72. The molecule has 5 rings (SSSR count). The van der Waals surface area contributed by atoms with Gasteiger partial charge in [-0.2, -0.15) is 0 Å². The summed E-state index contributed by atoms with van der Waals surface area (Å²) in [6, 6.07) is 11.6. The summed E-state index contributed by atoms with van der Waals surface area (Å²) in [5.74, 6) is 0.598. The van der Waals surface area contributed by atoms with Crippen molar-refractivity contribution in [3.63, 3.8) is 0 Å². The lowest BCUT2D eigenvalue weighted by Gasteiger charge is -2.45. The first-order chi connectivity index (χ1) is 13.9. The molecule has 2 aliphatic heterocycles. The van der Waals surface area contributed by atoms with E-state index in [9.17, 15) is 8.60 Å². The van der Waals surface area contributed by atoms with E-state index >= 15 is 0 Å². The van der Waals surface area contributed by atoms with Gasteiger partial charge in [0.15, 0.2) is 0 Å². The smallest absolute Gasteiger partial charge is 0.135 e. The predicted octanol–water partition coefficient (Wildman–Crippen LogP) is 4.63. The molecule has 0 saturated carbocycles. The molecule has 6 heteroatoms. The SMILES string of the molecule is CC1(C)CNC2(CCOCC2)c2oc3cc(S(=O)c4cccc(F)c4)ccc3c21. The van der Waals surface area contributed by atoms with Crippen LogP contribution in [0.4, 0.5) is 4.39 Å². The summed E-state index contributed by atoms with van der Waals surface area (Å²) in [5.41, 5.74) is 1.69. The van der Waals surface area contributed by atoms with E-state index in [1.807, 2.05) is 18.2 Å². The van der Waals surface area contributed by atoms with E-state index in [1.165, 1.54) is 17.7 Å². The largest absolute Gasteiger partial charge is 0.459 e. The molecule has 1 N–H and O–H groups in total. The van der Waals surface area contributed by atoms with E-state index in [2.05, 4.69) is 19.2 Å². The third kappa shape index (κ3) is 3.05. The Morgan fingerprint density at radius 1 is 1.07 bits per heavy atom. The fourth-order valence-electron chi connectivity index (χ4n) is 4.60. The Morgan fingerprint density at radius 2 is 1.83 bits per heavy atom. The van der Waals surface area contributed by atoms with Gasteiger partial charge in [0.25, 0.3) is 0 Å². The Kier molecular flexibility index (Phi) is 4.42. The van der Waals surface area contributed by atoms with Gasteiger partial charge >= 0.3 is 0 Å². The molecule has 1 saturated heterocycles. The van der Waals surface area contributed by atoms with Crippen molar-refractivity contribution in [1.82, 2.24) is 5.32 Å². The van der Waals surface area contributed by atoms with Crippen molar-refractivity contribution >= 4 is 21.8 Å². The molecule has 152 valence electrons. The van der Waals surface area contributed by atoms with Crippen LogP contribution in [0.2, 0.25) is 0 Å². The number of hydrogen-bond donors (Lipinski definition) is 1. The monoisotopic (exact) mass is 413 g/mol. The van der Waals surface area contributed by atoms with Crippen molar-refractivity contribution < 1.29 is 17.8 Å². The van der Waals surface area contributed by atoms with Gasteiger partial charge < -0.3 is 14.5 Å². The van der Waals surface area contributed by atoms with Crippen molar-refractivity contribution in [3.05, 3.63) is 59.6 Å². The maximum Gasteiger partial charge on any atom is 0.135 e. The third-order valence-corrected chi connectivity index (χ3v) is 7.58. The number of halogens is 1. The van der Waals surface area contributed by atoms with Gasteiger partial charge in [0.1, 0.15) is 17.2 Å². The molecule has 2 aliphatic rings. The fourth-order valence-corrected chi connectivity index (χ4v) is 5.70. The van der Waals surface area contributed by atoms with Gasteiger partial charge in [0, 0.05) is 45.9 Å². The zero-order valence-corrected chi connectivity index (χ0v) is 17.4. The lowest BCUT2D eigenvalue weighted by molar-refractivity contribution is 0.0201. The first-order valence-electron chi connectivity index (χ1n) is 9.97. The fraction of sp³-hybridized carbons (Fsp3) is 0.391. The van der Waals surface area contributed by atoms with Gasteiger partial charge in [0.05, 0.1) is 16.3 Å². The van der Waals surface area contributed by atoms with Gasteiger partial charge in [-0.3, -0.25) is 0 Å². The lowest BCUT2D eigenvalue weighted by Crippen LogP contribution is -2.55. The van der Waals surface area contributed by atoms with E-state index in [4.69, 9.17) is 9.15 Å². The standard InChI is InChI=1S/C23H24FNO3S/c1-22(2)14-25-23(8-10-27-11-9-23)21-20(22)18-7-6-17(13-19(18)28-21)29(26)16-5-3-4-15(24)12-16/h3-7,12-13,25H,8-11,14H2,1-2H3. The van der Waals surface area contributed by atoms with E-state index in [0.717, 1.165) is 36.1 Å². The number of fused-ring (bicyclic) bond motifs is 4. The van der Waals surface area contributed by atoms with Crippen molar-refractivity contribution in [2.45, 2.75) is 47.4 Å². The zero-order chi connectivity index (χ0) is 20.2. The van der Waals surface area contributed by atoms with Gasteiger partial charge in [-0.1, -0.05) is 19.9 Å². The minimum absolute atomic E-state index is 0.0760. The molecule has 1 spiro atoms. The molecule has 0 aliphatic carbocycles. The Bertz CT molecular complexity index is 1110. The Labute approximate surface area is 171 Å². The number of rotatable bonds is 2. The van der Waals surface area contributed by atoms with Crippen LogP contribution in [0.3, 0.4) is 0 Å². The molecular formula is C23H24FNO3S. The van der Waals surface area contributed by atoms with E-state index < -0.39 is 10.8 Å². The summed E-state index contributed by atoms with van der Waals surface area (Å²) in [7, 11) is -1.47. The number of ether oxygens (including phenoxy) is 1. The third-order valence-electron chi connectivity index (χ3n) is 6.21. The van der Waals surface area contributed by atoms with Crippen LogP contribution in [-0.2, 0) is 26.5 Å². The molecule has 1 aromatic heterocycles.